The van der Waals surface area contributed by atoms with Gasteiger partial charge in [0.1, 0.15) is 0 Å². The first-order valence-electron chi connectivity index (χ1n) is 4.99. The summed E-state index contributed by atoms with van der Waals surface area (Å²) in [6.45, 7) is 0. The molecule has 2 aromatic rings. The van der Waals surface area contributed by atoms with Gasteiger partial charge in [-0.3, -0.25) is 4.72 Å². The average Bonchev–Trinajstić information content (AvgIpc) is 2.35. The first-order valence-corrected chi connectivity index (χ1v) is 7.64. The maximum atomic E-state index is 13.4. The number of nitrogens with zero attached hydrogens (tertiary/aromatic N) is 1. The number of pyridine rings is 1. The lowest BCUT2D eigenvalue weighted by Gasteiger charge is -2.10. The van der Waals surface area contributed by atoms with Crippen LogP contribution in [0, 0.1) is 5.82 Å². The van der Waals surface area contributed by atoms with Crippen LogP contribution >= 0.6 is 27.5 Å². The Morgan fingerprint density at radius 2 is 2.00 bits per heavy atom. The lowest BCUT2D eigenvalue weighted by molar-refractivity contribution is 0.557. The van der Waals surface area contributed by atoms with Crippen LogP contribution in [0.3, 0.4) is 0 Å². The van der Waals surface area contributed by atoms with E-state index in [9.17, 15) is 12.8 Å². The Balaban J connectivity index is 2.43. The summed E-state index contributed by atoms with van der Waals surface area (Å²) in [6.07, 6.45) is 1.20. The molecule has 1 heterocycles. The first-order chi connectivity index (χ1) is 8.92. The molecule has 0 atom stereocenters. The Kier molecular flexibility index (Phi) is 4.07. The van der Waals surface area contributed by atoms with Crippen molar-refractivity contribution >= 4 is 43.2 Å². The van der Waals surface area contributed by atoms with Crippen LogP contribution in [0.2, 0.25) is 5.02 Å². The minimum atomic E-state index is -4.11. The van der Waals surface area contributed by atoms with Crippen molar-refractivity contribution < 1.29 is 12.8 Å². The predicted octanol–water partition coefficient (Wildman–Crippen LogP) is 3.44. The third-order valence-electron chi connectivity index (χ3n) is 2.18. The number of halogens is 3. The molecule has 8 heteroatoms. The number of nitrogens with one attached hydrogen (secondary N) is 1. The van der Waals surface area contributed by atoms with Crippen LogP contribution in [0.5, 0.6) is 0 Å². The number of hydrogen-bond acceptors (Lipinski definition) is 3. The average molecular weight is 366 g/mol. The first kappa shape index (κ1) is 14.2. The second-order valence-corrected chi connectivity index (χ2v) is 6.30. The Bertz CT molecular complexity index is 724. The van der Waals surface area contributed by atoms with Crippen molar-refractivity contribution in [3.63, 3.8) is 0 Å². The van der Waals surface area contributed by atoms with E-state index < -0.39 is 20.9 Å². The molecule has 1 N–H and O–H groups in total. The molecule has 1 aromatic carbocycles. The van der Waals surface area contributed by atoms with Gasteiger partial charge in [0.05, 0.1) is 15.2 Å². The molecule has 0 amide bonds. The maximum absolute atomic E-state index is 13.4. The molecule has 0 bridgehead atoms. The molecule has 0 unspecified atom stereocenters. The number of anilines is 1. The molecular weight excluding hydrogens is 359 g/mol. The monoisotopic (exact) mass is 364 g/mol. The molecule has 100 valence electrons. The van der Waals surface area contributed by atoms with E-state index in [0.29, 0.717) is 9.50 Å². The summed E-state index contributed by atoms with van der Waals surface area (Å²) >= 11 is 9.00. The van der Waals surface area contributed by atoms with Crippen LogP contribution in [0.25, 0.3) is 0 Å². The van der Waals surface area contributed by atoms with E-state index in [1.165, 1.54) is 18.3 Å². The van der Waals surface area contributed by atoms with E-state index in [4.69, 9.17) is 11.6 Å². The number of hydrogen-bond donors (Lipinski definition) is 1. The van der Waals surface area contributed by atoms with E-state index >= 15 is 0 Å². The lowest BCUT2D eigenvalue weighted by Crippen LogP contribution is -2.16. The third-order valence-corrected chi connectivity index (χ3v) is 4.87. The van der Waals surface area contributed by atoms with Crippen molar-refractivity contribution in [3.8, 4) is 0 Å². The Morgan fingerprint density at radius 3 is 2.68 bits per heavy atom. The number of rotatable bonds is 3. The highest BCUT2D eigenvalue weighted by Gasteiger charge is 2.21. The van der Waals surface area contributed by atoms with Gasteiger partial charge in [-0.15, -0.1) is 0 Å². The molecule has 19 heavy (non-hydrogen) atoms. The normalized spacial score (nSPS) is 11.3. The fourth-order valence-corrected chi connectivity index (χ4v) is 3.09. The van der Waals surface area contributed by atoms with Crippen molar-refractivity contribution in [2.75, 3.05) is 4.72 Å². The van der Waals surface area contributed by atoms with Crippen molar-refractivity contribution in [2.45, 2.75) is 5.03 Å². The van der Waals surface area contributed by atoms with Crippen LogP contribution in [0.1, 0.15) is 0 Å². The van der Waals surface area contributed by atoms with E-state index in [0.717, 1.165) is 6.07 Å². The van der Waals surface area contributed by atoms with Crippen LogP contribution in [-0.2, 0) is 10.0 Å². The van der Waals surface area contributed by atoms with Gasteiger partial charge in [0.25, 0.3) is 10.0 Å². The summed E-state index contributed by atoms with van der Waals surface area (Å²) < 4.78 is 40.1. The van der Waals surface area contributed by atoms with Gasteiger partial charge in [-0.05, 0) is 40.2 Å². The van der Waals surface area contributed by atoms with Crippen molar-refractivity contribution in [1.29, 1.82) is 0 Å². The molecule has 0 radical (unpaired) electrons. The molecule has 0 aliphatic heterocycles. The third kappa shape index (κ3) is 3.05. The van der Waals surface area contributed by atoms with Gasteiger partial charge < -0.3 is 0 Å². The summed E-state index contributed by atoms with van der Waals surface area (Å²) in [4.78, 5) is 3.52. The minimum absolute atomic E-state index is 0.206. The van der Waals surface area contributed by atoms with Crippen LogP contribution in [0.4, 0.5) is 10.1 Å². The molecule has 0 aliphatic carbocycles. The van der Waals surface area contributed by atoms with Crippen molar-refractivity contribution in [1.82, 2.24) is 4.98 Å². The SMILES string of the molecule is O=S(=O)(Nc1cccc(Cl)c1Br)c1ncccc1F. The van der Waals surface area contributed by atoms with Gasteiger partial charge in [0.15, 0.2) is 5.82 Å². The summed E-state index contributed by atoms with van der Waals surface area (Å²) in [6, 6.07) is 6.98. The molecule has 2 rings (SSSR count). The zero-order valence-corrected chi connectivity index (χ0v) is 12.4. The summed E-state index contributed by atoms with van der Waals surface area (Å²) in [5.41, 5.74) is 0.206. The van der Waals surface area contributed by atoms with Crippen molar-refractivity contribution in [3.05, 3.63) is 51.8 Å². The van der Waals surface area contributed by atoms with Gasteiger partial charge in [-0.2, -0.15) is 8.42 Å². The minimum Gasteiger partial charge on any atom is -0.277 e. The summed E-state index contributed by atoms with van der Waals surface area (Å²) in [7, 11) is -4.11. The van der Waals surface area contributed by atoms with E-state index in [-0.39, 0.29) is 5.69 Å². The smallest absolute Gasteiger partial charge is 0.277 e. The summed E-state index contributed by atoms with van der Waals surface area (Å²) in [5.74, 6) is -0.923. The lowest BCUT2D eigenvalue weighted by atomic mass is 10.3. The number of sulfonamides is 1. The fourth-order valence-electron chi connectivity index (χ4n) is 1.34. The number of aromatic nitrogens is 1. The van der Waals surface area contributed by atoms with Gasteiger partial charge in [-0.25, -0.2) is 9.37 Å². The Morgan fingerprint density at radius 1 is 1.26 bits per heavy atom. The molecule has 0 fully saturated rings. The largest absolute Gasteiger partial charge is 0.282 e. The highest BCUT2D eigenvalue weighted by atomic mass is 79.9. The molecule has 0 saturated heterocycles. The van der Waals surface area contributed by atoms with Crippen LogP contribution in [0.15, 0.2) is 46.0 Å². The zero-order valence-electron chi connectivity index (χ0n) is 9.27. The van der Waals surface area contributed by atoms with E-state index in [1.807, 2.05) is 0 Å². The standard InChI is InChI=1S/C11H7BrClFN2O2S/c12-10-7(13)3-1-5-9(10)16-19(17,18)11-8(14)4-2-6-15-11/h1-6,16H. The quantitative estimate of drug-likeness (QED) is 0.906. The molecular formula is C11H7BrClFN2O2S. The molecule has 0 spiro atoms. The summed E-state index contributed by atoms with van der Waals surface area (Å²) in [5, 5.41) is -0.330. The fraction of sp³-hybridized carbons (Fsp3) is 0. The molecule has 1 aromatic heterocycles. The maximum Gasteiger partial charge on any atom is 0.282 e. The van der Waals surface area contributed by atoms with Crippen LogP contribution < -0.4 is 4.72 Å². The zero-order chi connectivity index (χ0) is 14.0. The van der Waals surface area contributed by atoms with Crippen molar-refractivity contribution in [2.24, 2.45) is 0 Å². The molecule has 0 aliphatic rings. The van der Waals surface area contributed by atoms with Gasteiger partial charge in [0.2, 0.25) is 5.03 Å². The topological polar surface area (TPSA) is 59.1 Å². The molecule has 0 saturated carbocycles. The second kappa shape index (κ2) is 5.44. The Hall–Kier alpha value is -1.18. The van der Waals surface area contributed by atoms with Gasteiger partial charge in [0, 0.05) is 6.20 Å². The second-order valence-electron chi connectivity index (χ2n) is 3.50. The van der Waals surface area contributed by atoms with E-state index in [2.05, 4.69) is 25.6 Å². The molecule has 4 nitrogen and oxygen atoms in total. The number of benzene rings is 1. The van der Waals surface area contributed by atoms with Gasteiger partial charge >= 0.3 is 0 Å². The highest BCUT2D eigenvalue weighted by molar-refractivity contribution is 9.10. The highest BCUT2D eigenvalue weighted by Crippen LogP contribution is 2.31. The van der Waals surface area contributed by atoms with E-state index in [1.54, 1.807) is 12.1 Å². The predicted molar refractivity (Wildman–Crippen MR) is 74.2 cm³/mol. The van der Waals surface area contributed by atoms with Gasteiger partial charge in [-0.1, -0.05) is 17.7 Å². The Labute approximate surface area is 122 Å². The van der Waals surface area contributed by atoms with Crippen LogP contribution in [-0.4, -0.2) is 13.4 Å².